The molecule has 4 aromatic heterocycles. The van der Waals surface area contributed by atoms with Crippen LogP contribution < -0.4 is 65.7 Å². The molecule has 0 aromatic carbocycles. The average molecular weight is 1410 g/mol. The zero-order chi connectivity index (χ0) is 71.0. The maximum absolute atomic E-state index is 15.2. The highest BCUT2D eigenvalue weighted by atomic mass is 32.2. The summed E-state index contributed by atoms with van der Waals surface area (Å²) in [6, 6.07) is -7.88. The number of imidazole rings is 1. The van der Waals surface area contributed by atoms with Crippen molar-refractivity contribution >= 4 is 86.8 Å². The van der Waals surface area contributed by atoms with Crippen LogP contribution in [-0.4, -0.2) is 262 Å². The molecule has 0 bridgehead atoms. The topological polar surface area (TPSA) is 630 Å². The van der Waals surface area contributed by atoms with Crippen molar-refractivity contribution in [1.29, 1.82) is 0 Å². The second-order valence-electron chi connectivity index (χ2n) is 22.8. The quantitative estimate of drug-likeness (QED) is 0.0150. The van der Waals surface area contributed by atoms with Gasteiger partial charge in [0.05, 0.1) is 90.9 Å². The van der Waals surface area contributed by atoms with E-state index in [0.29, 0.717) is 27.1 Å². The Kier molecular flexibility index (Phi) is 29.0. The zero-order valence-electron chi connectivity index (χ0n) is 52.8. The lowest BCUT2D eigenvalue weighted by molar-refractivity contribution is -0.425. The summed E-state index contributed by atoms with van der Waals surface area (Å²) < 4.78 is 28.6. The number of hydrogen-bond donors (Lipinski definition) is 19. The third-order valence-electron chi connectivity index (χ3n) is 15.3. The van der Waals surface area contributed by atoms with Gasteiger partial charge in [-0.2, -0.15) is 0 Å². The standard InChI is InChI=1S/C55H83N17O21S3/c1-20-33(69-46(72-44(20)58)25(12-31(57)76)64-13-24(56)45(59)82)50(86)71-35(41(26-14-61-19-66-26)91-54-43(39(80)37(78)28(16-73)90-54)92-53-40(81)42(93-55(60)88)38(79)29(17-74)89-53)51(87)67-22(3)36(77)21(2)47(83)70-34(23(4)75)49(85)63-10-8-32-68-27(18-94-32)52-65-15-30(95-52)48(84)62-9-7-11-96(5)6/h14-15,18-19,21-25,28-29,34-43,53-54,64,74-75,77-81H,7-13,16-17,56H2,1-6H3,(H2,57,76)(H2,59,82)(H2,60,88)(H,61,66)(H,62,84)(H,63,85)(H,67,87)(H,70,83)(H,71,86)(H2,58,69,72)/t21-,22+,23+,24-,25-,28?,29?,34+,35+,36-,37?,38?,39?,40?,41-,42?,43?,53?,54?/m0/s1. The fourth-order valence-corrected chi connectivity index (χ4v) is 12.2. The Morgan fingerprint density at radius 2 is 1.54 bits per heavy atom. The lowest BCUT2D eigenvalue weighted by Gasteiger charge is -2.47. The molecule has 24 N–H and O–H groups in total. The molecule has 41 heteroatoms. The number of nitrogens with two attached hydrogens (primary N) is 5. The number of aliphatic hydroxyl groups excluding tert-OH is 7. The molecule has 2 aliphatic rings. The van der Waals surface area contributed by atoms with Gasteiger partial charge < -0.3 is 130 Å². The van der Waals surface area contributed by atoms with Crippen LogP contribution in [0.5, 0.6) is 0 Å². The molecule has 38 nitrogen and oxygen atoms in total. The SMILES string of the molecule is Cc1c(N)nc([C@H](CC(N)=O)NC[C@H](N)C(N)=O)nc1C(=O)N[C@@H](C(=O)N[C@H](C)[C@@H](O)[C@H](C)C(=O)N[C@@H](C(=O)NCCc1nc(-c2ncc(C(=O)NCCC[S+](C)C)s2)cs1)[C@@H](C)O)[C@@H](OC1OC(C[O-])C(O)C(O)C1OC1OC(CO)C(O)C(OC(N)=O)C1O)c1cnc[nH]1. The number of aliphatic hydroxyl groups is 7. The van der Waals surface area contributed by atoms with E-state index in [4.69, 9.17) is 52.4 Å². The fraction of sp³-hybridized carbons (Fsp3) is 0.618. The number of H-pyrrole nitrogens is 1. The Morgan fingerprint density at radius 3 is 2.17 bits per heavy atom. The Hall–Kier alpha value is -7.30. The molecule has 10 unspecified atom stereocenters. The van der Waals surface area contributed by atoms with Gasteiger partial charge in [0.15, 0.2) is 18.7 Å². The van der Waals surface area contributed by atoms with E-state index < -0.39 is 183 Å². The number of carbonyl (C=O) groups is 8. The minimum absolute atomic E-state index is 0.00775. The smallest absolute Gasteiger partial charge is 0.404 e. The molecule has 2 fully saturated rings. The Morgan fingerprint density at radius 1 is 0.833 bits per heavy atom. The molecule has 4 aromatic rings. The summed E-state index contributed by atoms with van der Waals surface area (Å²) in [5.41, 5.74) is 27.8. The number of carbonyl (C=O) groups excluding carboxylic acids is 8. The van der Waals surface area contributed by atoms with Gasteiger partial charge in [0, 0.05) is 49.8 Å². The van der Waals surface area contributed by atoms with E-state index in [-0.39, 0.29) is 59.2 Å². The Labute approximate surface area is 559 Å². The van der Waals surface area contributed by atoms with Gasteiger partial charge in [-0.3, -0.25) is 33.6 Å². The molecule has 0 spiro atoms. The normalized spacial score (nSPS) is 24.0. The van der Waals surface area contributed by atoms with E-state index in [1.807, 2.05) is 0 Å². The van der Waals surface area contributed by atoms with Crippen LogP contribution in [0.25, 0.3) is 10.7 Å². The van der Waals surface area contributed by atoms with Gasteiger partial charge in [0.25, 0.3) is 11.8 Å². The van der Waals surface area contributed by atoms with Crippen molar-refractivity contribution in [3.05, 3.63) is 56.8 Å². The summed E-state index contributed by atoms with van der Waals surface area (Å²) in [6.45, 7) is 2.90. The number of rotatable bonds is 35. The number of aromatic nitrogens is 6. The highest BCUT2D eigenvalue weighted by Gasteiger charge is 2.53. The van der Waals surface area contributed by atoms with Crippen molar-refractivity contribution in [2.75, 3.05) is 56.8 Å². The average Bonchev–Trinajstić information content (AvgIpc) is 1.02. The molecule has 0 radical (unpaired) electrons. The molecule has 2 aliphatic heterocycles. The van der Waals surface area contributed by atoms with Crippen LogP contribution in [0.2, 0.25) is 0 Å². The number of nitrogen functional groups attached to an aromatic ring is 1. The number of nitrogens with zero attached hydrogens (tertiary/aromatic N) is 5. The van der Waals surface area contributed by atoms with E-state index >= 15 is 4.79 Å². The number of hydrogen-bond acceptors (Lipinski definition) is 31. The van der Waals surface area contributed by atoms with Crippen molar-refractivity contribution in [3.63, 3.8) is 0 Å². The van der Waals surface area contributed by atoms with Gasteiger partial charge in [0.2, 0.25) is 29.5 Å². The molecular weight excluding hydrogens is 1330 g/mol. The molecule has 0 aliphatic carbocycles. The third kappa shape index (κ3) is 20.6. The van der Waals surface area contributed by atoms with E-state index in [1.54, 1.807) is 5.38 Å². The summed E-state index contributed by atoms with van der Waals surface area (Å²) in [7, 11) is 0.257. The number of anilines is 1. The predicted octanol–water partition coefficient (Wildman–Crippen LogP) is -8.34. The Bertz CT molecular complexity index is 3280. The van der Waals surface area contributed by atoms with Crippen LogP contribution in [0, 0.1) is 12.8 Å². The molecule has 96 heavy (non-hydrogen) atoms. The van der Waals surface area contributed by atoms with Crippen molar-refractivity contribution in [1.82, 2.24) is 61.8 Å². The summed E-state index contributed by atoms with van der Waals surface area (Å²) in [4.78, 5) is 131. The van der Waals surface area contributed by atoms with Crippen molar-refractivity contribution in [3.8, 4) is 10.7 Å². The molecule has 6 rings (SSSR count). The number of primary amides is 3. The van der Waals surface area contributed by atoms with Crippen LogP contribution in [0.3, 0.4) is 0 Å². The van der Waals surface area contributed by atoms with Crippen molar-refractivity contribution in [2.24, 2.45) is 28.9 Å². The van der Waals surface area contributed by atoms with E-state index in [1.165, 1.54) is 56.6 Å². The van der Waals surface area contributed by atoms with Crippen molar-refractivity contribution < 1.29 is 103 Å². The van der Waals surface area contributed by atoms with Crippen LogP contribution in [0.4, 0.5) is 10.6 Å². The largest absolute Gasteiger partial charge is 0.853 e. The first-order chi connectivity index (χ1) is 45.3. The maximum Gasteiger partial charge on any atom is 0.404 e. The van der Waals surface area contributed by atoms with Gasteiger partial charge in [-0.05, 0) is 31.7 Å². The molecule has 0 saturated carbocycles. The third-order valence-corrected chi connectivity index (χ3v) is 18.3. The number of thiazole rings is 2. The van der Waals surface area contributed by atoms with Gasteiger partial charge in [-0.25, -0.2) is 29.7 Å². The molecule has 19 atom stereocenters. The number of amides is 8. The van der Waals surface area contributed by atoms with Crippen molar-refractivity contribution in [2.45, 2.75) is 157 Å². The summed E-state index contributed by atoms with van der Waals surface area (Å²) in [5.74, 6) is -7.68. The predicted molar refractivity (Wildman–Crippen MR) is 337 cm³/mol. The van der Waals surface area contributed by atoms with E-state index in [2.05, 4.69) is 74.3 Å². The van der Waals surface area contributed by atoms with Gasteiger partial charge in [-0.15, -0.1) is 29.3 Å². The van der Waals surface area contributed by atoms with E-state index in [0.717, 1.165) is 24.7 Å². The fourth-order valence-electron chi connectivity index (χ4n) is 9.78. The van der Waals surface area contributed by atoms with Gasteiger partial charge in [-0.1, -0.05) is 6.92 Å². The lowest BCUT2D eigenvalue weighted by atomic mass is 9.96. The van der Waals surface area contributed by atoms with Gasteiger partial charge >= 0.3 is 6.09 Å². The first kappa shape index (κ1) is 77.7. The first-order valence-corrected chi connectivity index (χ1v) is 33.7. The summed E-state index contributed by atoms with van der Waals surface area (Å²) in [6.07, 6.45) is -18.9. The molecule has 6 heterocycles. The number of ether oxygens (including phenoxy) is 5. The number of aromatic amines is 1. The summed E-state index contributed by atoms with van der Waals surface area (Å²) >= 11 is 2.45. The molecule has 2 saturated heterocycles. The second-order valence-corrected chi connectivity index (χ2v) is 27.1. The maximum atomic E-state index is 15.2. The zero-order valence-corrected chi connectivity index (χ0v) is 55.3. The summed E-state index contributed by atoms with van der Waals surface area (Å²) in [5, 5.41) is 109. The highest BCUT2D eigenvalue weighted by molar-refractivity contribution is 7.95. The highest BCUT2D eigenvalue weighted by Crippen LogP contribution is 2.35. The van der Waals surface area contributed by atoms with Crippen LogP contribution in [0.1, 0.15) is 88.0 Å². The molecular formula is C55H83N17O21S3. The second kappa shape index (κ2) is 35.8. The minimum Gasteiger partial charge on any atom is -0.853 e. The molecule has 532 valence electrons. The van der Waals surface area contributed by atoms with Crippen LogP contribution in [0.15, 0.2) is 24.1 Å². The van der Waals surface area contributed by atoms with E-state index in [9.17, 15) is 74.4 Å². The monoisotopic (exact) mass is 1410 g/mol. The number of nitrogens with one attached hydrogen (secondary N) is 7. The van der Waals surface area contributed by atoms with Crippen LogP contribution in [-0.2, 0) is 65.0 Å². The minimum atomic E-state index is -2.24. The molecule has 8 amide bonds. The first-order valence-electron chi connectivity index (χ1n) is 29.8. The van der Waals surface area contributed by atoms with Crippen LogP contribution >= 0.6 is 22.7 Å². The Balaban J connectivity index is 1.26. The van der Waals surface area contributed by atoms with Gasteiger partial charge in [0.1, 0.15) is 93.5 Å². The lowest BCUT2D eigenvalue weighted by Crippen LogP contribution is -2.66.